The molecule has 1 amide bonds. The maximum Gasteiger partial charge on any atom is 0.255 e. The second-order valence-electron chi connectivity index (χ2n) is 8.56. The van der Waals surface area contributed by atoms with Gasteiger partial charge in [-0.3, -0.25) is 19.3 Å². The van der Waals surface area contributed by atoms with Crippen LogP contribution in [-0.4, -0.2) is 68.5 Å². The van der Waals surface area contributed by atoms with E-state index >= 15 is 0 Å². The molecule has 0 saturated heterocycles. The van der Waals surface area contributed by atoms with Crippen LogP contribution in [0.1, 0.15) is 23.1 Å². The number of hydrogen-bond donors (Lipinski definition) is 5. The molecule has 166 valence electrons. The van der Waals surface area contributed by atoms with Crippen LogP contribution in [0, 0.1) is 23.2 Å². The molecule has 0 aliphatic heterocycles. The van der Waals surface area contributed by atoms with E-state index < -0.39 is 58.0 Å². The molecule has 1 fully saturated rings. The van der Waals surface area contributed by atoms with Crippen molar-refractivity contribution in [1.29, 1.82) is 5.26 Å². The molecule has 0 radical (unpaired) electrons. The van der Waals surface area contributed by atoms with E-state index in [4.69, 9.17) is 5.73 Å². The molecule has 32 heavy (non-hydrogen) atoms. The van der Waals surface area contributed by atoms with Crippen molar-refractivity contribution >= 4 is 23.2 Å². The number of ketones is 2. The Morgan fingerprint density at radius 2 is 1.91 bits per heavy atom. The molecule has 10 heteroatoms. The van der Waals surface area contributed by atoms with Gasteiger partial charge in [-0.2, -0.15) is 5.26 Å². The van der Waals surface area contributed by atoms with Crippen LogP contribution in [0.4, 0.5) is 0 Å². The van der Waals surface area contributed by atoms with Gasteiger partial charge in [0.05, 0.1) is 23.2 Å². The number of nitrogens with zero attached hydrogens (tertiary/aromatic N) is 2. The van der Waals surface area contributed by atoms with Crippen molar-refractivity contribution < 1.29 is 34.8 Å². The van der Waals surface area contributed by atoms with E-state index in [2.05, 4.69) is 0 Å². The number of aliphatic hydroxyl groups excluding tert-OH is 2. The smallest absolute Gasteiger partial charge is 0.255 e. The van der Waals surface area contributed by atoms with Crippen molar-refractivity contribution in [3.63, 3.8) is 0 Å². The third-order valence-corrected chi connectivity index (χ3v) is 6.72. The fourth-order valence-corrected chi connectivity index (χ4v) is 5.35. The Morgan fingerprint density at radius 3 is 2.47 bits per heavy atom. The van der Waals surface area contributed by atoms with Gasteiger partial charge >= 0.3 is 0 Å². The number of primary amides is 1. The number of phenols is 1. The van der Waals surface area contributed by atoms with Crippen molar-refractivity contribution in [2.24, 2.45) is 17.6 Å². The number of hydrogen-bond acceptors (Lipinski definition) is 9. The van der Waals surface area contributed by atoms with Gasteiger partial charge in [-0.15, -0.1) is 0 Å². The second-order valence-corrected chi connectivity index (χ2v) is 8.56. The van der Waals surface area contributed by atoms with Crippen LogP contribution >= 0.6 is 0 Å². The molecule has 3 aliphatic rings. The molecule has 0 aromatic heterocycles. The number of fused-ring (bicyclic) bond motifs is 3. The normalized spacial score (nSPS) is 29.4. The number of likely N-dealkylation sites (N-methyl/N-ethyl adjacent to an activating group) is 1. The number of phenolic OH excluding ortho intramolecular Hbond substituents is 1. The van der Waals surface area contributed by atoms with Gasteiger partial charge in [0.2, 0.25) is 5.78 Å². The summed E-state index contributed by atoms with van der Waals surface area (Å²) in [5.74, 6) is -7.14. The fraction of sp³-hybridized carbons (Fsp3) is 0.364. The van der Waals surface area contributed by atoms with Crippen molar-refractivity contribution in [2.75, 3.05) is 14.1 Å². The second kappa shape index (κ2) is 6.91. The summed E-state index contributed by atoms with van der Waals surface area (Å²) < 4.78 is 0. The first-order valence-corrected chi connectivity index (χ1v) is 9.86. The monoisotopic (exact) mass is 439 g/mol. The molecule has 0 unspecified atom stereocenters. The maximum absolute atomic E-state index is 13.6. The van der Waals surface area contributed by atoms with E-state index in [0.717, 1.165) is 0 Å². The van der Waals surface area contributed by atoms with Gasteiger partial charge in [-0.1, -0.05) is 0 Å². The molecule has 0 bridgehead atoms. The lowest BCUT2D eigenvalue weighted by molar-refractivity contribution is -0.153. The summed E-state index contributed by atoms with van der Waals surface area (Å²) in [5, 5.41) is 52.8. The molecule has 6 N–H and O–H groups in total. The number of amides is 1. The molecular weight excluding hydrogens is 418 g/mol. The number of carbonyl (C=O) groups is 3. The van der Waals surface area contributed by atoms with Gasteiger partial charge in [0, 0.05) is 11.5 Å². The highest BCUT2D eigenvalue weighted by atomic mass is 16.3. The highest BCUT2D eigenvalue weighted by molar-refractivity contribution is 6.24. The molecule has 3 aliphatic carbocycles. The van der Waals surface area contributed by atoms with E-state index in [9.17, 15) is 40.1 Å². The van der Waals surface area contributed by atoms with E-state index in [1.54, 1.807) is 0 Å². The lowest BCUT2D eigenvalue weighted by atomic mass is 9.57. The van der Waals surface area contributed by atoms with Crippen molar-refractivity contribution in [3.05, 3.63) is 45.7 Å². The lowest BCUT2D eigenvalue weighted by Gasteiger charge is -2.50. The molecule has 10 nitrogen and oxygen atoms in total. The summed E-state index contributed by atoms with van der Waals surface area (Å²) in [6, 6.07) is 3.45. The van der Waals surface area contributed by atoms with E-state index in [1.807, 2.05) is 6.07 Å². The van der Waals surface area contributed by atoms with Crippen LogP contribution < -0.4 is 5.73 Å². The quantitative estimate of drug-likeness (QED) is 0.390. The number of aromatic hydroxyl groups is 1. The number of Topliss-reactive ketones (excluding diaryl/α,β-unsaturated/α-hetero) is 2. The number of carbonyl (C=O) groups excluding carboxylic acids is 3. The number of nitriles is 1. The Kier molecular flexibility index (Phi) is 4.66. The SMILES string of the molecule is CN(C)[C@H]1C(=O)C(C(N)=O)=C(O)[C@]2(O)C(=O)C3=C(O)c4c(O)ccc(C#N)c4C[C@@H]3C[C@@H]12. The number of nitrogens with two attached hydrogens (primary N) is 1. The molecule has 4 atom stereocenters. The summed E-state index contributed by atoms with van der Waals surface area (Å²) in [6.45, 7) is 0. The van der Waals surface area contributed by atoms with E-state index in [1.165, 1.54) is 31.1 Å². The lowest BCUT2D eigenvalue weighted by Crippen LogP contribution is -2.65. The average molecular weight is 439 g/mol. The van der Waals surface area contributed by atoms with Crippen molar-refractivity contribution in [2.45, 2.75) is 24.5 Å². The van der Waals surface area contributed by atoms with Gasteiger partial charge < -0.3 is 26.2 Å². The van der Waals surface area contributed by atoms with Crippen LogP contribution in [-0.2, 0) is 20.8 Å². The average Bonchev–Trinajstić information content (AvgIpc) is 2.70. The first-order chi connectivity index (χ1) is 15.0. The Bertz CT molecular complexity index is 1210. The third kappa shape index (κ3) is 2.55. The minimum Gasteiger partial charge on any atom is -0.508 e. The standard InChI is InChI=1S/C22H21N3O7/c1-25(2)16-11-6-9-5-10-8(7-23)3-4-12(26)14(10)17(27)13(9)19(29)22(11,32)20(30)15(18(16)28)21(24)31/h3-4,9,11,16,26-27,30,32H,5-6H2,1-2H3,(H2,24,31)/t9-,11+,16-,22-/m1/s1. The molecule has 1 aromatic rings. The topological polar surface area (TPSA) is 185 Å². The number of aliphatic hydroxyl groups is 3. The van der Waals surface area contributed by atoms with E-state index in [0.29, 0.717) is 5.56 Å². The third-order valence-electron chi connectivity index (χ3n) is 6.72. The van der Waals surface area contributed by atoms with Crippen molar-refractivity contribution in [3.8, 4) is 11.8 Å². The molecule has 1 aromatic carbocycles. The van der Waals surface area contributed by atoms with Crippen LogP contribution in [0.5, 0.6) is 5.75 Å². The van der Waals surface area contributed by atoms with Gasteiger partial charge in [-0.05, 0) is 50.6 Å². The summed E-state index contributed by atoms with van der Waals surface area (Å²) in [7, 11) is 3.05. The Hall–Kier alpha value is -3.68. The van der Waals surface area contributed by atoms with Gasteiger partial charge in [0.15, 0.2) is 11.4 Å². The van der Waals surface area contributed by atoms with Gasteiger partial charge in [0.25, 0.3) is 5.91 Å². The highest BCUT2D eigenvalue weighted by Gasteiger charge is 2.64. The highest BCUT2D eigenvalue weighted by Crippen LogP contribution is 2.52. The first kappa shape index (κ1) is 21.5. The zero-order valence-electron chi connectivity index (χ0n) is 17.3. The summed E-state index contributed by atoms with van der Waals surface area (Å²) in [5.41, 5.74) is 1.94. The fourth-order valence-electron chi connectivity index (χ4n) is 5.35. The largest absolute Gasteiger partial charge is 0.508 e. The summed E-state index contributed by atoms with van der Waals surface area (Å²) >= 11 is 0. The zero-order valence-corrected chi connectivity index (χ0v) is 17.3. The minimum absolute atomic E-state index is 0.0215. The zero-order chi connectivity index (χ0) is 23.7. The molecule has 4 rings (SSSR count). The molecule has 1 saturated carbocycles. The Morgan fingerprint density at radius 1 is 1.25 bits per heavy atom. The van der Waals surface area contributed by atoms with E-state index in [-0.39, 0.29) is 35.3 Å². The number of rotatable bonds is 2. The summed E-state index contributed by atoms with van der Waals surface area (Å²) in [6.07, 6.45) is 0.0676. The van der Waals surface area contributed by atoms with Gasteiger partial charge in [-0.25, -0.2) is 0 Å². The van der Waals surface area contributed by atoms with Crippen molar-refractivity contribution in [1.82, 2.24) is 4.90 Å². The van der Waals surface area contributed by atoms with Crippen LogP contribution in [0.3, 0.4) is 0 Å². The molecule has 0 spiro atoms. The first-order valence-electron chi connectivity index (χ1n) is 9.86. The number of benzene rings is 1. The molecular formula is C22H21N3O7. The van der Waals surface area contributed by atoms with Gasteiger partial charge in [0.1, 0.15) is 22.8 Å². The van der Waals surface area contributed by atoms with Crippen LogP contribution in [0.25, 0.3) is 5.76 Å². The molecule has 0 heterocycles. The Balaban J connectivity index is 2.00. The predicted octanol–water partition coefficient (Wildman–Crippen LogP) is -0.164. The maximum atomic E-state index is 13.6. The van der Waals surface area contributed by atoms with Crippen LogP contribution in [0.15, 0.2) is 29.0 Å². The minimum atomic E-state index is -2.67. The Labute approximate surface area is 182 Å². The van der Waals surface area contributed by atoms with Crippen LogP contribution in [0.2, 0.25) is 0 Å². The predicted molar refractivity (Wildman–Crippen MR) is 109 cm³/mol. The summed E-state index contributed by atoms with van der Waals surface area (Å²) in [4.78, 5) is 39.9.